The molecule has 1 heterocycles. The first-order valence-corrected chi connectivity index (χ1v) is 9.50. The van der Waals surface area contributed by atoms with Crippen LogP contribution in [0.25, 0.3) is 0 Å². The summed E-state index contributed by atoms with van der Waals surface area (Å²) in [6, 6.07) is 7.32. The minimum absolute atomic E-state index is 0.0200. The van der Waals surface area contributed by atoms with Crippen LogP contribution in [-0.4, -0.2) is 48.9 Å². The Bertz CT molecular complexity index is 626. The highest BCUT2D eigenvalue weighted by atomic mass is 16.2. The van der Waals surface area contributed by atoms with Crippen LogP contribution in [-0.2, 0) is 10.2 Å². The Morgan fingerprint density at radius 1 is 1.19 bits per heavy atom. The molecule has 0 aromatic heterocycles. The fourth-order valence-corrected chi connectivity index (χ4v) is 3.23. The van der Waals surface area contributed by atoms with E-state index in [0.717, 1.165) is 19.5 Å². The Morgan fingerprint density at radius 2 is 1.81 bits per heavy atom. The molecule has 0 spiro atoms. The number of carbonyl (C=O) groups is 2. The van der Waals surface area contributed by atoms with Crippen LogP contribution in [0, 0.1) is 5.92 Å². The maximum Gasteiger partial charge on any atom is 0.251 e. The molecule has 1 aliphatic rings. The van der Waals surface area contributed by atoms with Gasteiger partial charge in [0.1, 0.15) is 6.04 Å². The molecule has 1 fully saturated rings. The summed E-state index contributed by atoms with van der Waals surface area (Å²) in [5, 5.41) is 6.22. The molecule has 1 saturated heterocycles. The van der Waals surface area contributed by atoms with Gasteiger partial charge in [0.05, 0.1) is 0 Å². The topological polar surface area (TPSA) is 61.4 Å². The van der Waals surface area contributed by atoms with Gasteiger partial charge in [0.15, 0.2) is 0 Å². The van der Waals surface area contributed by atoms with Crippen molar-refractivity contribution in [2.45, 2.75) is 58.5 Å². The number of likely N-dealkylation sites (N-methyl/N-ethyl adjacent to an activating group) is 1. The molecule has 0 aliphatic carbocycles. The fraction of sp³-hybridized carbons (Fsp3) is 0.619. The molecule has 1 aromatic rings. The standard InChI is InChI=1S/C21H33N3O2/c1-14(2)18(20(26)24(6)17-11-12-22-13-17)23-19(25)15-7-9-16(10-8-15)21(3,4)5/h7-10,14,17-18,22H,11-13H2,1-6H3,(H,23,25). The number of benzene rings is 1. The lowest BCUT2D eigenvalue weighted by Gasteiger charge is -2.30. The van der Waals surface area contributed by atoms with E-state index in [1.807, 2.05) is 45.2 Å². The summed E-state index contributed by atoms with van der Waals surface area (Å²) in [7, 11) is 1.83. The maximum atomic E-state index is 12.9. The predicted octanol–water partition coefficient (Wildman–Crippen LogP) is 2.56. The molecule has 0 saturated carbocycles. The number of amides is 2. The Hall–Kier alpha value is -1.88. The van der Waals surface area contributed by atoms with Gasteiger partial charge < -0.3 is 15.5 Å². The third-order valence-corrected chi connectivity index (χ3v) is 5.16. The number of nitrogens with zero attached hydrogens (tertiary/aromatic N) is 1. The maximum absolute atomic E-state index is 12.9. The SMILES string of the molecule is CC(C)C(NC(=O)c1ccc(C(C)(C)C)cc1)C(=O)N(C)C1CCNC1. The highest BCUT2D eigenvalue weighted by molar-refractivity contribution is 5.97. The molecular weight excluding hydrogens is 326 g/mol. The lowest BCUT2D eigenvalue weighted by atomic mass is 9.86. The molecule has 1 aromatic carbocycles. The normalized spacial score (nSPS) is 18.7. The van der Waals surface area contributed by atoms with Crippen LogP contribution >= 0.6 is 0 Å². The number of carbonyl (C=O) groups excluding carboxylic acids is 2. The summed E-state index contributed by atoms with van der Waals surface area (Å²) < 4.78 is 0. The van der Waals surface area contributed by atoms with Crippen molar-refractivity contribution in [3.8, 4) is 0 Å². The van der Waals surface area contributed by atoms with Crippen LogP contribution in [0.1, 0.15) is 57.0 Å². The highest BCUT2D eigenvalue weighted by Crippen LogP contribution is 2.22. The number of nitrogens with one attached hydrogen (secondary N) is 2. The van der Waals surface area contributed by atoms with Crippen molar-refractivity contribution in [3.63, 3.8) is 0 Å². The zero-order valence-electron chi connectivity index (χ0n) is 16.9. The van der Waals surface area contributed by atoms with Gasteiger partial charge in [-0.3, -0.25) is 9.59 Å². The number of rotatable bonds is 5. The van der Waals surface area contributed by atoms with Crippen LogP contribution in [0.2, 0.25) is 0 Å². The summed E-state index contributed by atoms with van der Waals surface area (Å²) in [4.78, 5) is 27.4. The summed E-state index contributed by atoms with van der Waals surface area (Å²) in [6.45, 7) is 12.1. The monoisotopic (exact) mass is 359 g/mol. The molecular formula is C21H33N3O2. The summed E-state index contributed by atoms with van der Waals surface area (Å²) >= 11 is 0. The van der Waals surface area contributed by atoms with E-state index in [0.29, 0.717) is 5.56 Å². The molecule has 1 aliphatic heterocycles. The van der Waals surface area contributed by atoms with Crippen LogP contribution < -0.4 is 10.6 Å². The molecule has 5 heteroatoms. The van der Waals surface area contributed by atoms with Gasteiger partial charge in [-0.1, -0.05) is 46.8 Å². The van der Waals surface area contributed by atoms with Gasteiger partial charge in [-0.2, -0.15) is 0 Å². The second-order valence-corrected chi connectivity index (χ2v) is 8.62. The van der Waals surface area contributed by atoms with Crippen molar-refractivity contribution in [1.29, 1.82) is 0 Å². The Balaban J connectivity index is 2.08. The molecule has 0 bridgehead atoms. The quantitative estimate of drug-likeness (QED) is 0.849. The van der Waals surface area contributed by atoms with E-state index in [1.165, 1.54) is 5.56 Å². The van der Waals surface area contributed by atoms with Crippen molar-refractivity contribution in [3.05, 3.63) is 35.4 Å². The third-order valence-electron chi connectivity index (χ3n) is 5.16. The second kappa shape index (κ2) is 8.21. The van der Waals surface area contributed by atoms with Crippen molar-refractivity contribution in [2.24, 2.45) is 5.92 Å². The molecule has 5 nitrogen and oxygen atoms in total. The van der Waals surface area contributed by atoms with Crippen molar-refractivity contribution >= 4 is 11.8 Å². The second-order valence-electron chi connectivity index (χ2n) is 8.62. The molecule has 2 atom stereocenters. The Morgan fingerprint density at radius 3 is 2.27 bits per heavy atom. The molecule has 2 amide bonds. The van der Waals surface area contributed by atoms with E-state index in [9.17, 15) is 9.59 Å². The molecule has 144 valence electrons. The van der Waals surface area contributed by atoms with E-state index in [-0.39, 0.29) is 29.2 Å². The third kappa shape index (κ3) is 4.85. The van der Waals surface area contributed by atoms with E-state index < -0.39 is 6.04 Å². The van der Waals surface area contributed by atoms with Crippen LogP contribution in [0.4, 0.5) is 0 Å². The van der Waals surface area contributed by atoms with E-state index in [1.54, 1.807) is 4.90 Å². The van der Waals surface area contributed by atoms with Gasteiger partial charge in [0, 0.05) is 25.2 Å². The smallest absolute Gasteiger partial charge is 0.251 e. The summed E-state index contributed by atoms with van der Waals surface area (Å²) in [6.07, 6.45) is 0.954. The number of hydrogen-bond acceptors (Lipinski definition) is 3. The first-order chi connectivity index (χ1) is 12.1. The number of hydrogen-bond donors (Lipinski definition) is 2. The van der Waals surface area contributed by atoms with Gasteiger partial charge in [-0.05, 0) is 42.0 Å². The van der Waals surface area contributed by atoms with Crippen molar-refractivity contribution in [1.82, 2.24) is 15.5 Å². The van der Waals surface area contributed by atoms with Gasteiger partial charge in [0.25, 0.3) is 5.91 Å². The zero-order chi connectivity index (χ0) is 19.5. The van der Waals surface area contributed by atoms with Gasteiger partial charge in [-0.25, -0.2) is 0 Å². The molecule has 2 N–H and O–H groups in total. The first-order valence-electron chi connectivity index (χ1n) is 9.50. The van der Waals surface area contributed by atoms with Crippen molar-refractivity contribution < 1.29 is 9.59 Å². The highest BCUT2D eigenvalue weighted by Gasteiger charge is 2.31. The summed E-state index contributed by atoms with van der Waals surface area (Å²) in [5.74, 6) is -0.194. The van der Waals surface area contributed by atoms with Crippen LogP contribution in [0.3, 0.4) is 0 Å². The summed E-state index contributed by atoms with van der Waals surface area (Å²) in [5.41, 5.74) is 1.81. The minimum Gasteiger partial charge on any atom is -0.340 e. The molecule has 2 unspecified atom stereocenters. The van der Waals surface area contributed by atoms with Gasteiger partial charge in [0.2, 0.25) is 5.91 Å². The lowest BCUT2D eigenvalue weighted by Crippen LogP contribution is -2.53. The predicted molar refractivity (Wildman–Crippen MR) is 105 cm³/mol. The Labute approximate surface area is 157 Å². The zero-order valence-corrected chi connectivity index (χ0v) is 16.9. The molecule has 2 rings (SSSR count). The lowest BCUT2D eigenvalue weighted by molar-refractivity contribution is -0.134. The fourth-order valence-electron chi connectivity index (χ4n) is 3.23. The van der Waals surface area contributed by atoms with Gasteiger partial charge in [-0.15, -0.1) is 0 Å². The molecule has 0 radical (unpaired) electrons. The van der Waals surface area contributed by atoms with Gasteiger partial charge >= 0.3 is 0 Å². The minimum atomic E-state index is -0.518. The van der Waals surface area contributed by atoms with E-state index in [4.69, 9.17) is 0 Å². The Kier molecular flexibility index (Phi) is 6.45. The molecule has 26 heavy (non-hydrogen) atoms. The van der Waals surface area contributed by atoms with Crippen molar-refractivity contribution in [2.75, 3.05) is 20.1 Å². The van der Waals surface area contributed by atoms with Crippen LogP contribution in [0.5, 0.6) is 0 Å². The first kappa shape index (κ1) is 20.4. The van der Waals surface area contributed by atoms with E-state index in [2.05, 4.69) is 31.4 Å². The van der Waals surface area contributed by atoms with Crippen LogP contribution in [0.15, 0.2) is 24.3 Å². The van der Waals surface area contributed by atoms with E-state index >= 15 is 0 Å². The average molecular weight is 360 g/mol. The largest absolute Gasteiger partial charge is 0.340 e. The average Bonchev–Trinajstić information content (AvgIpc) is 3.11.